The molecule has 2 heteroatoms. The molecule has 98 valence electrons. The maximum atomic E-state index is 2.62. The molecular formula is C14H32N2. The number of likely N-dealkylation sites (N-methyl/N-ethyl adjacent to an activating group) is 1. The van der Waals surface area contributed by atoms with Crippen molar-refractivity contribution in [3.05, 3.63) is 0 Å². The topological polar surface area (TPSA) is 6.48 Å². The van der Waals surface area contributed by atoms with Gasteiger partial charge in [0.05, 0.1) is 0 Å². The zero-order chi connectivity index (χ0) is 12.2. The Kier molecular flexibility index (Phi) is 11.3. The Morgan fingerprint density at radius 2 is 1.38 bits per heavy atom. The van der Waals surface area contributed by atoms with Crippen molar-refractivity contribution in [3.63, 3.8) is 0 Å². The lowest BCUT2D eigenvalue weighted by atomic mass is 10.1. The summed E-state index contributed by atoms with van der Waals surface area (Å²) >= 11 is 0. The Labute approximate surface area is 103 Å². The lowest BCUT2D eigenvalue weighted by Gasteiger charge is -2.32. The van der Waals surface area contributed by atoms with Crippen LogP contribution in [-0.2, 0) is 0 Å². The van der Waals surface area contributed by atoms with Crippen LogP contribution in [0.15, 0.2) is 0 Å². The molecule has 1 fully saturated rings. The van der Waals surface area contributed by atoms with E-state index < -0.39 is 0 Å². The summed E-state index contributed by atoms with van der Waals surface area (Å²) in [5.74, 6) is 0. The van der Waals surface area contributed by atoms with Crippen molar-refractivity contribution in [2.24, 2.45) is 0 Å². The molecule has 0 spiro atoms. The van der Waals surface area contributed by atoms with Crippen molar-refractivity contribution in [3.8, 4) is 0 Å². The van der Waals surface area contributed by atoms with Gasteiger partial charge >= 0.3 is 0 Å². The largest absolute Gasteiger partial charge is 0.304 e. The highest BCUT2D eigenvalue weighted by molar-refractivity contribution is 4.68. The molecule has 0 radical (unpaired) electrons. The van der Waals surface area contributed by atoms with Crippen LogP contribution in [0.4, 0.5) is 0 Å². The van der Waals surface area contributed by atoms with E-state index in [1.54, 1.807) is 0 Å². The SMILES string of the molecule is CC.CCCCCCCN1CCN(C)CC1. The van der Waals surface area contributed by atoms with Gasteiger partial charge in [0.2, 0.25) is 0 Å². The number of rotatable bonds is 6. The van der Waals surface area contributed by atoms with Crippen LogP contribution in [0.3, 0.4) is 0 Å². The van der Waals surface area contributed by atoms with Crippen molar-refractivity contribution in [2.75, 3.05) is 39.8 Å². The van der Waals surface area contributed by atoms with Gasteiger partial charge in [-0.1, -0.05) is 46.5 Å². The second-order valence-electron chi connectivity index (χ2n) is 4.56. The number of piperazine rings is 1. The molecule has 2 nitrogen and oxygen atoms in total. The van der Waals surface area contributed by atoms with E-state index in [9.17, 15) is 0 Å². The monoisotopic (exact) mass is 228 g/mol. The first-order valence-electron chi connectivity index (χ1n) is 7.24. The summed E-state index contributed by atoms with van der Waals surface area (Å²) in [6.07, 6.45) is 7.05. The van der Waals surface area contributed by atoms with Crippen molar-refractivity contribution in [2.45, 2.75) is 52.9 Å². The molecule has 0 aromatic heterocycles. The Hall–Kier alpha value is -0.0800. The van der Waals surface area contributed by atoms with E-state index >= 15 is 0 Å². The third-order valence-corrected chi connectivity index (χ3v) is 3.17. The van der Waals surface area contributed by atoms with Crippen molar-refractivity contribution >= 4 is 0 Å². The Bertz CT molecular complexity index is 129. The molecule has 0 saturated carbocycles. The molecule has 0 N–H and O–H groups in total. The number of unbranched alkanes of at least 4 members (excludes halogenated alkanes) is 4. The van der Waals surface area contributed by atoms with Gasteiger partial charge in [-0.2, -0.15) is 0 Å². The summed E-state index contributed by atoms with van der Waals surface area (Å²) in [6.45, 7) is 12.7. The summed E-state index contributed by atoms with van der Waals surface area (Å²) in [7, 11) is 2.22. The molecule has 0 bridgehead atoms. The van der Waals surface area contributed by atoms with Crippen LogP contribution in [0.25, 0.3) is 0 Å². The first kappa shape index (κ1) is 15.9. The van der Waals surface area contributed by atoms with E-state index in [1.165, 1.54) is 64.8 Å². The molecule has 0 aromatic carbocycles. The van der Waals surface area contributed by atoms with E-state index in [1.807, 2.05) is 13.8 Å². The van der Waals surface area contributed by atoms with Gasteiger partial charge in [-0.15, -0.1) is 0 Å². The van der Waals surface area contributed by atoms with Crippen LogP contribution in [0.2, 0.25) is 0 Å². The summed E-state index contributed by atoms with van der Waals surface area (Å²) < 4.78 is 0. The van der Waals surface area contributed by atoms with Crippen LogP contribution >= 0.6 is 0 Å². The summed E-state index contributed by atoms with van der Waals surface area (Å²) in [5.41, 5.74) is 0. The third-order valence-electron chi connectivity index (χ3n) is 3.17. The first-order valence-corrected chi connectivity index (χ1v) is 7.24. The van der Waals surface area contributed by atoms with Crippen molar-refractivity contribution < 1.29 is 0 Å². The minimum absolute atomic E-state index is 1.26. The van der Waals surface area contributed by atoms with Gasteiger partial charge in [0.15, 0.2) is 0 Å². The predicted octanol–water partition coefficient (Wildman–Crippen LogP) is 3.23. The second-order valence-corrected chi connectivity index (χ2v) is 4.56. The fraction of sp³-hybridized carbons (Fsp3) is 1.00. The number of hydrogen-bond acceptors (Lipinski definition) is 2. The summed E-state index contributed by atoms with van der Waals surface area (Å²) in [6, 6.07) is 0. The predicted molar refractivity (Wildman–Crippen MR) is 74.0 cm³/mol. The molecule has 1 heterocycles. The van der Waals surface area contributed by atoms with E-state index in [4.69, 9.17) is 0 Å². The molecule has 0 amide bonds. The van der Waals surface area contributed by atoms with E-state index in [-0.39, 0.29) is 0 Å². The van der Waals surface area contributed by atoms with E-state index in [0.717, 1.165) is 0 Å². The van der Waals surface area contributed by atoms with Gasteiger partial charge in [-0.05, 0) is 20.0 Å². The van der Waals surface area contributed by atoms with Gasteiger partial charge < -0.3 is 9.80 Å². The van der Waals surface area contributed by atoms with Gasteiger partial charge in [-0.25, -0.2) is 0 Å². The normalized spacial score (nSPS) is 18.0. The molecule has 0 unspecified atom stereocenters. The maximum absolute atomic E-state index is 2.62. The molecule has 1 rings (SSSR count). The van der Waals surface area contributed by atoms with E-state index in [0.29, 0.717) is 0 Å². The quantitative estimate of drug-likeness (QED) is 0.644. The average Bonchev–Trinajstić information content (AvgIpc) is 2.34. The van der Waals surface area contributed by atoms with Gasteiger partial charge in [-0.3, -0.25) is 0 Å². The molecule has 16 heavy (non-hydrogen) atoms. The van der Waals surface area contributed by atoms with Crippen molar-refractivity contribution in [1.29, 1.82) is 0 Å². The smallest absolute Gasteiger partial charge is 0.0110 e. The lowest BCUT2D eigenvalue weighted by molar-refractivity contribution is 0.152. The average molecular weight is 228 g/mol. The Morgan fingerprint density at radius 3 is 1.94 bits per heavy atom. The van der Waals surface area contributed by atoms with Crippen LogP contribution in [0.1, 0.15) is 52.9 Å². The molecule has 1 saturated heterocycles. The number of hydrogen-bond donors (Lipinski definition) is 0. The molecule has 0 atom stereocenters. The van der Waals surface area contributed by atoms with Crippen LogP contribution in [0, 0.1) is 0 Å². The zero-order valence-electron chi connectivity index (χ0n) is 12.0. The highest BCUT2D eigenvalue weighted by atomic mass is 15.2. The van der Waals surface area contributed by atoms with Crippen LogP contribution < -0.4 is 0 Å². The Morgan fingerprint density at radius 1 is 0.812 bits per heavy atom. The first-order chi connectivity index (χ1) is 7.83. The van der Waals surface area contributed by atoms with Crippen LogP contribution in [-0.4, -0.2) is 49.6 Å². The number of nitrogens with zero attached hydrogens (tertiary/aromatic N) is 2. The summed E-state index contributed by atoms with van der Waals surface area (Å²) in [5, 5.41) is 0. The van der Waals surface area contributed by atoms with Gasteiger partial charge in [0.25, 0.3) is 0 Å². The van der Waals surface area contributed by atoms with Crippen molar-refractivity contribution in [1.82, 2.24) is 9.80 Å². The molecular weight excluding hydrogens is 196 g/mol. The van der Waals surface area contributed by atoms with E-state index in [2.05, 4.69) is 23.8 Å². The highest BCUT2D eigenvalue weighted by Gasteiger charge is 2.12. The van der Waals surface area contributed by atoms with Crippen LogP contribution in [0.5, 0.6) is 0 Å². The second kappa shape index (κ2) is 11.4. The summed E-state index contributed by atoms with van der Waals surface area (Å²) in [4.78, 5) is 5.04. The third kappa shape index (κ3) is 8.12. The Balaban J connectivity index is 0.00000106. The molecule has 0 aliphatic carbocycles. The molecule has 0 aromatic rings. The maximum Gasteiger partial charge on any atom is 0.0110 e. The van der Waals surface area contributed by atoms with Gasteiger partial charge in [0.1, 0.15) is 0 Å². The molecule has 1 aliphatic rings. The zero-order valence-corrected chi connectivity index (χ0v) is 12.0. The lowest BCUT2D eigenvalue weighted by Crippen LogP contribution is -2.44. The molecule has 1 aliphatic heterocycles. The fourth-order valence-electron chi connectivity index (χ4n) is 2.01. The highest BCUT2D eigenvalue weighted by Crippen LogP contribution is 2.05. The van der Waals surface area contributed by atoms with Gasteiger partial charge in [0, 0.05) is 26.2 Å². The fourth-order valence-corrected chi connectivity index (χ4v) is 2.01. The standard InChI is InChI=1S/C12H26N2.C2H6/c1-3-4-5-6-7-8-14-11-9-13(2)10-12-14;1-2/h3-12H2,1-2H3;1-2H3. The minimum atomic E-state index is 1.26. The minimum Gasteiger partial charge on any atom is -0.304 e.